The molecule has 0 aromatic heterocycles. The molecule has 0 aliphatic heterocycles. The van der Waals surface area contributed by atoms with E-state index in [-0.39, 0.29) is 5.41 Å². The minimum absolute atomic E-state index is 0.0526. The van der Waals surface area contributed by atoms with Crippen LogP contribution in [0.5, 0.6) is 0 Å². The molecule has 9 rings (SSSR count). The van der Waals surface area contributed by atoms with Gasteiger partial charge in [-0.1, -0.05) is 153 Å². The predicted octanol–water partition coefficient (Wildman–Crippen LogP) is 12.5. The molecule has 0 heteroatoms. The van der Waals surface area contributed by atoms with Crippen LogP contribution in [0.1, 0.15) is 25.0 Å². The summed E-state index contributed by atoms with van der Waals surface area (Å²) in [5.41, 5.74) is 13.1. The SMILES string of the molecule is CC1(C)c2cc(-c3ccc(-c4c5ccccc5c(-c5ccccc5)c5ccccc45)cc3)ccc2-c2cc3ccccc3cc21. The van der Waals surface area contributed by atoms with Crippen molar-refractivity contribution in [3.8, 4) is 44.5 Å². The third kappa shape index (κ3) is 3.92. The minimum atomic E-state index is -0.0526. The van der Waals surface area contributed by atoms with Crippen molar-refractivity contribution in [1.29, 1.82) is 0 Å². The van der Waals surface area contributed by atoms with Gasteiger partial charge in [0.1, 0.15) is 0 Å². The first-order chi connectivity index (χ1) is 22.1. The Hall–Kier alpha value is -5.46. The third-order valence-electron chi connectivity index (χ3n) is 10.0. The minimum Gasteiger partial charge on any atom is -0.0622 e. The molecule has 0 N–H and O–H groups in total. The number of hydrogen-bond acceptors (Lipinski definition) is 0. The molecule has 8 aromatic carbocycles. The predicted molar refractivity (Wildman–Crippen MR) is 193 cm³/mol. The van der Waals surface area contributed by atoms with Crippen LogP contribution in [0, 0.1) is 0 Å². The van der Waals surface area contributed by atoms with Crippen molar-refractivity contribution in [3.63, 3.8) is 0 Å². The van der Waals surface area contributed by atoms with E-state index in [1.54, 1.807) is 0 Å². The molecule has 0 heterocycles. The molecule has 1 aliphatic carbocycles. The van der Waals surface area contributed by atoms with E-state index >= 15 is 0 Å². The summed E-state index contributed by atoms with van der Waals surface area (Å²) in [6, 6.07) is 58.3. The fraction of sp³-hybridized carbons (Fsp3) is 0.0667. The average molecular weight is 573 g/mol. The molecule has 0 spiro atoms. The molecule has 0 nitrogen and oxygen atoms in total. The van der Waals surface area contributed by atoms with Gasteiger partial charge in [0.15, 0.2) is 0 Å². The maximum Gasteiger partial charge on any atom is 0.0159 e. The summed E-state index contributed by atoms with van der Waals surface area (Å²) in [7, 11) is 0. The van der Waals surface area contributed by atoms with Crippen LogP contribution >= 0.6 is 0 Å². The Morgan fingerprint density at radius 1 is 0.333 bits per heavy atom. The van der Waals surface area contributed by atoms with E-state index in [0.29, 0.717) is 0 Å². The number of hydrogen-bond donors (Lipinski definition) is 0. The van der Waals surface area contributed by atoms with Crippen LogP contribution in [0.25, 0.3) is 76.8 Å². The van der Waals surface area contributed by atoms with Crippen LogP contribution in [0.4, 0.5) is 0 Å². The van der Waals surface area contributed by atoms with Gasteiger partial charge in [0, 0.05) is 5.41 Å². The topological polar surface area (TPSA) is 0 Å². The van der Waals surface area contributed by atoms with E-state index < -0.39 is 0 Å². The summed E-state index contributed by atoms with van der Waals surface area (Å²) >= 11 is 0. The molecule has 0 bridgehead atoms. The van der Waals surface area contributed by atoms with Crippen LogP contribution < -0.4 is 0 Å². The van der Waals surface area contributed by atoms with Crippen LogP contribution in [-0.4, -0.2) is 0 Å². The maximum absolute atomic E-state index is 2.43. The molecule has 8 aromatic rings. The zero-order chi connectivity index (χ0) is 30.1. The van der Waals surface area contributed by atoms with Crippen LogP contribution in [0.15, 0.2) is 158 Å². The van der Waals surface area contributed by atoms with Gasteiger partial charge in [-0.05, 0) is 106 Å². The normalized spacial score (nSPS) is 13.3. The lowest BCUT2D eigenvalue weighted by Crippen LogP contribution is -2.15. The van der Waals surface area contributed by atoms with Crippen molar-refractivity contribution in [2.24, 2.45) is 0 Å². The first-order valence-corrected chi connectivity index (χ1v) is 15.9. The van der Waals surface area contributed by atoms with Gasteiger partial charge in [-0.15, -0.1) is 0 Å². The fourth-order valence-electron chi connectivity index (χ4n) is 7.79. The summed E-state index contributed by atoms with van der Waals surface area (Å²) in [6.07, 6.45) is 0. The number of fused-ring (bicyclic) bond motifs is 6. The smallest absolute Gasteiger partial charge is 0.0159 e. The molecule has 1 aliphatic rings. The lowest BCUT2D eigenvalue weighted by Gasteiger charge is -2.22. The van der Waals surface area contributed by atoms with Crippen LogP contribution in [-0.2, 0) is 5.41 Å². The standard InChI is InChI=1S/C45H32/c1-45(2)41-28-34(24-25-35(41)40-26-32-14-6-7-15-33(32)27-42(40)45)29-20-22-31(23-21-29)44-38-18-10-8-16-36(38)43(30-12-4-3-5-13-30)37-17-9-11-19-39(37)44/h3-28H,1-2H3. The first-order valence-electron chi connectivity index (χ1n) is 15.9. The van der Waals surface area contributed by atoms with Crippen molar-refractivity contribution in [2.75, 3.05) is 0 Å². The first kappa shape index (κ1) is 26.0. The molecule has 0 amide bonds. The van der Waals surface area contributed by atoms with E-state index in [9.17, 15) is 0 Å². The molecule has 45 heavy (non-hydrogen) atoms. The number of rotatable bonds is 3. The molecule has 0 atom stereocenters. The molecule has 0 fully saturated rings. The highest BCUT2D eigenvalue weighted by Gasteiger charge is 2.35. The summed E-state index contributed by atoms with van der Waals surface area (Å²) < 4.78 is 0. The highest BCUT2D eigenvalue weighted by Crippen LogP contribution is 2.51. The quantitative estimate of drug-likeness (QED) is 0.185. The molecule has 212 valence electrons. The largest absolute Gasteiger partial charge is 0.0622 e. The van der Waals surface area contributed by atoms with E-state index in [1.165, 1.54) is 88.0 Å². The summed E-state index contributed by atoms with van der Waals surface area (Å²) in [6.45, 7) is 4.74. The van der Waals surface area contributed by atoms with Crippen molar-refractivity contribution in [3.05, 3.63) is 169 Å². The maximum atomic E-state index is 2.43. The Labute approximate surface area is 264 Å². The molecular weight excluding hydrogens is 540 g/mol. The summed E-state index contributed by atoms with van der Waals surface area (Å²) in [4.78, 5) is 0. The third-order valence-corrected chi connectivity index (χ3v) is 10.0. The molecular formula is C45H32. The molecule has 0 unspecified atom stereocenters. The van der Waals surface area contributed by atoms with Gasteiger partial charge < -0.3 is 0 Å². The number of benzene rings is 8. The second kappa shape index (κ2) is 9.78. The summed E-state index contributed by atoms with van der Waals surface area (Å²) in [5, 5.41) is 7.75. The van der Waals surface area contributed by atoms with E-state index in [2.05, 4.69) is 172 Å². The van der Waals surface area contributed by atoms with Crippen LogP contribution in [0.2, 0.25) is 0 Å². The van der Waals surface area contributed by atoms with E-state index in [0.717, 1.165) is 0 Å². The molecule has 0 radical (unpaired) electrons. The van der Waals surface area contributed by atoms with Gasteiger partial charge in [-0.25, -0.2) is 0 Å². The van der Waals surface area contributed by atoms with Gasteiger partial charge in [-0.2, -0.15) is 0 Å². The Kier molecular flexibility index (Phi) is 5.64. The van der Waals surface area contributed by atoms with Crippen molar-refractivity contribution in [1.82, 2.24) is 0 Å². The van der Waals surface area contributed by atoms with Crippen molar-refractivity contribution < 1.29 is 0 Å². The highest BCUT2D eigenvalue weighted by atomic mass is 14.4. The zero-order valence-corrected chi connectivity index (χ0v) is 25.5. The molecule has 0 saturated carbocycles. The van der Waals surface area contributed by atoms with Gasteiger partial charge in [0.05, 0.1) is 0 Å². The highest BCUT2D eigenvalue weighted by molar-refractivity contribution is 6.21. The van der Waals surface area contributed by atoms with Gasteiger partial charge in [0.25, 0.3) is 0 Å². The zero-order valence-electron chi connectivity index (χ0n) is 25.5. The Morgan fingerprint density at radius 3 is 1.38 bits per heavy atom. The second-order valence-corrected chi connectivity index (χ2v) is 12.9. The lowest BCUT2D eigenvalue weighted by atomic mass is 9.81. The second-order valence-electron chi connectivity index (χ2n) is 12.9. The van der Waals surface area contributed by atoms with E-state index in [4.69, 9.17) is 0 Å². The average Bonchev–Trinajstić information content (AvgIpc) is 3.31. The molecule has 0 saturated heterocycles. The lowest BCUT2D eigenvalue weighted by molar-refractivity contribution is 0.661. The van der Waals surface area contributed by atoms with Gasteiger partial charge in [-0.3, -0.25) is 0 Å². The Morgan fingerprint density at radius 2 is 0.778 bits per heavy atom. The van der Waals surface area contributed by atoms with Gasteiger partial charge in [0.2, 0.25) is 0 Å². The monoisotopic (exact) mass is 572 g/mol. The van der Waals surface area contributed by atoms with E-state index in [1.807, 2.05) is 0 Å². The van der Waals surface area contributed by atoms with Crippen molar-refractivity contribution in [2.45, 2.75) is 19.3 Å². The van der Waals surface area contributed by atoms with Crippen molar-refractivity contribution >= 4 is 32.3 Å². The Bertz CT molecular complexity index is 2370. The summed E-state index contributed by atoms with van der Waals surface area (Å²) in [5.74, 6) is 0. The van der Waals surface area contributed by atoms with Gasteiger partial charge >= 0.3 is 0 Å². The fourth-order valence-corrected chi connectivity index (χ4v) is 7.79. The van der Waals surface area contributed by atoms with Crippen LogP contribution in [0.3, 0.4) is 0 Å². The Balaban J connectivity index is 1.17.